The highest BCUT2D eigenvalue weighted by molar-refractivity contribution is 6.30. The normalized spacial score (nSPS) is 11.0. The van der Waals surface area contributed by atoms with Crippen LogP contribution in [0.15, 0.2) is 48.8 Å². The van der Waals surface area contributed by atoms with E-state index in [0.717, 1.165) is 0 Å². The molecule has 1 N–H and O–H groups in total. The van der Waals surface area contributed by atoms with Crippen molar-refractivity contribution in [3.05, 3.63) is 65.2 Å². The zero-order chi connectivity index (χ0) is 17.4. The average Bonchev–Trinajstić information content (AvgIpc) is 3.12. The molecule has 0 aliphatic rings. The van der Waals surface area contributed by atoms with Gasteiger partial charge in [-0.05, 0) is 36.4 Å². The van der Waals surface area contributed by atoms with Crippen molar-refractivity contribution >= 4 is 28.9 Å². The maximum atomic E-state index is 14.2. The summed E-state index contributed by atoms with van der Waals surface area (Å²) in [5, 5.41) is 7.30. The van der Waals surface area contributed by atoms with Gasteiger partial charge < -0.3 is 0 Å². The van der Waals surface area contributed by atoms with Gasteiger partial charge in [0.25, 0.3) is 0 Å². The number of aldehydes is 1. The molecule has 4 aromatic rings. The summed E-state index contributed by atoms with van der Waals surface area (Å²) in [5.41, 5.74) is 3.57. The molecule has 0 saturated carbocycles. The van der Waals surface area contributed by atoms with Crippen molar-refractivity contribution in [2.24, 2.45) is 0 Å². The molecule has 0 atom stereocenters. The van der Waals surface area contributed by atoms with Gasteiger partial charge in [-0.15, -0.1) is 0 Å². The van der Waals surface area contributed by atoms with Crippen molar-refractivity contribution in [2.45, 2.75) is 0 Å². The van der Waals surface area contributed by atoms with Crippen molar-refractivity contribution in [3.8, 4) is 22.5 Å². The van der Waals surface area contributed by atoms with Crippen LogP contribution in [0.2, 0.25) is 5.02 Å². The van der Waals surface area contributed by atoms with Crippen molar-refractivity contribution in [1.82, 2.24) is 20.2 Å². The highest BCUT2D eigenvalue weighted by Gasteiger charge is 2.16. The molecule has 122 valence electrons. The Kier molecular flexibility index (Phi) is 3.74. The van der Waals surface area contributed by atoms with Crippen molar-refractivity contribution in [3.63, 3.8) is 0 Å². The summed E-state index contributed by atoms with van der Waals surface area (Å²) in [4.78, 5) is 19.6. The van der Waals surface area contributed by atoms with Gasteiger partial charge in [-0.2, -0.15) is 5.10 Å². The van der Waals surface area contributed by atoms with E-state index in [1.54, 1.807) is 24.4 Å². The lowest BCUT2D eigenvalue weighted by Crippen LogP contribution is -1.92. The van der Waals surface area contributed by atoms with Gasteiger partial charge in [0.15, 0.2) is 6.29 Å². The SMILES string of the molecule is O=Cc1cnc2ccc(-c3c[nH]nc3-c3cc(Cl)ccc3F)nc2c1. The van der Waals surface area contributed by atoms with E-state index >= 15 is 0 Å². The molecule has 0 saturated heterocycles. The van der Waals surface area contributed by atoms with Gasteiger partial charge in [0.2, 0.25) is 0 Å². The highest BCUT2D eigenvalue weighted by atomic mass is 35.5. The fourth-order valence-electron chi connectivity index (χ4n) is 2.61. The Morgan fingerprint density at radius 2 is 1.96 bits per heavy atom. The molecule has 0 bridgehead atoms. The second-order valence-corrected chi connectivity index (χ2v) is 5.83. The van der Waals surface area contributed by atoms with E-state index in [0.29, 0.717) is 44.9 Å². The van der Waals surface area contributed by atoms with Gasteiger partial charge in [-0.1, -0.05) is 11.6 Å². The van der Waals surface area contributed by atoms with Crippen LogP contribution in [-0.2, 0) is 0 Å². The van der Waals surface area contributed by atoms with E-state index in [-0.39, 0.29) is 5.56 Å². The number of aromatic amines is 1. The summed E-state index contributed by atoms with van der Waals surface area (Å²) >= 11 is 5.98. The lowest BCUT2D eigenvalue weighted by Gasteiger charge is -2.06. The first-order chi connectivity index (χ1) is 12.2. The van der Waals surface area contributed by atoms with Crippen LogP contribution >= 0.6 is 11.6 Å². The molecule has 25 heavy (non-hydrogen) atoms. The van der Waals surface area contributed by atoms with Crippen LogP contribution in [0.1, 0.15) is 10.4 Å². The fourth-order valence-corrected chi connectivity index (χ4v) is 2.78. The van der Waals surface area contributed by atoms with E-state index in [2.05, 4.69) is 20.2 Å². The Hall–Kier alpha value is -3.12. The van der Waals surface area contributed by atoms with Crippen LogP contribution in [0.3, 0.4) is 0 Å². The molecule has 3 aromatic heterocycles. The summed E-state index contributed by atoms with van der Waals surface area (Å²) in [6.07, 6.45) is 3.84. The van der Waals surface area contributed by atoms with E-state index < -0.39 is 5.82 Å². The predicted molar refractivity (Wildman–Crippen MR) is 92.9 cm³/mol. The maximum Gasteiger partial charge on any atom is 0.151 e. The summed E-state index contributed by atoms with van der Waals surface area (Å²) in [5.74, 6) is -0.427. The molecule has 1 aromatic carbocycles. The Labute approximate surface area is 146 Å². The smallest absolute Gasteiger partial charge is 0.151 e. The number of aromatic nitrogens is 4. The average molecular weight is 353 g/mol. The third-order valence-electron chi connectivity index (χ3n) is 3.79. The number of rotatable bonds is 3. The topological polar surface area (TPSA) is 71.5 Å². The second-order valence-electron chi connectivity index (χ2n) is 5.39. The molecule has 0 spiro atoms. The number of carbonyl (C=O) groups excluding carboxylic acids is 1. The number of hydrogen-bond acceptors (Lipinski definition) is 4. The molecule has 4 rings (SSSR count). The summed E-state index contributed by atoms with van der Waals surface area (Å²) in [6, 6.07) is 9.50. The van der Waals surface area contributed by atoms with Crippen LogP contribution in [0.5, 0.6) is 0 Å². The number of benzene rings is 1. The van der Waals surface area contributed by atoms with E-state index in [1.165, 1.54) is 24.4 Å². The van der Waals surface area contributed by atoms with Gasteiger partial charge in [-0.3, -0.25) is 14.9 Å². The minimum Gasteiger partial charge on any atom is -0.298 e. The minimum atomic E-state index is -0.427. The number of nitrogens with zero attached hydrogens (tertiary/aromatic N) is 3. The Morgan fingerprint density at radius 3 is 2.80 bits per heavy atom. The summed E-state index contributed by atoms with van der Waals surface area (Å²) in [6.45, 7) is 0. The van der Waals surface area contributed by atoms with Crippen LogP contribution in [0.4, 0.5) is 4.39 Å². The van der Waals surface area contributed by atoms with Crippen molar-refractivity contribution in [2.75, 3.05) is 0 Å². The van der Waals surface area contributed by atoms with Gasteiger partial charge in [0.1, 0.15) is 11.5 Å². The predicted octanol–water partition coefficient (Wildman–Crippen LogP) is 4.29. The van der Waals surface area contributed by atoms with Gasteiger partial charge in [0.05, 0.1) is 16.7 Å². The second kappa shape index (κ2) is 6.07. The van der Waals surface area contributed by atoms with E-state index in [4.69, 9.17) is 11.6 Å². The Balaban J connectivity index is 1.89. The number of nitrogens with one attached hydrogen (secondary N) is 1. The van der Waals surface area contributed by atoms with Crippen LogP contribution in [0, 0.1) is 5.82 Å². The zero-order valence-electron chi connectivity index (χ0n) is 12.7. The molecule has 0 amide bonds. The third kappa shape index (κ3) is 2.77. The molecule has 0 radical (unpaired) electrons. The number of H-pyrrole nitrogens is 1. The minimum absolute atomic E-state index is 0.283. The summed E-state index contributed by atoms with van der Waals surface area (Å²) in [7, 11) is 0. The molecular formula is C18H10ClFN4O. The molecule has 0 aliphatic carbocycles. The van der Waals surface area contributed by atoms with Gasteiger partial charge >= 0.3 is 0 Å². The molecule has 0 aliphatic heterocycles. The van der Waals surface area contributed by atoms with Crippen molar-refractivity contribution < 1.29 is 9.18 Å². The first kappa shape index (κ1) is 15.4. The van der Waals surface area contributed by atoms with Crippen LogP contribution < -0.4 is 0 Å². The molecule has 3 heterocycles. The largest absolute Gasteiger partial charge is 0.298 e. The number of fused-ring (bicyclic) bond motifs is 1. The molecule has 7 heteroatoms. The summed E-state index contributed by atoms with van der Waals surface area (Å²) < 4.78 is 14.2. The zero-order valence-corrected chi connectivity index (χ0v) is 13.5. The van der Waals surface area contributed by atoms with Crippen LogP contribution in [-0.4, -0.2) is 26.5 Å². The van der Waals surface area contributed by atoms with E-state index in [9.17, 15) is 9.18 Å². The molecule has 0 fully saturated rings. The molecule has 0 unspecified atom stereocenters. The van der Waals surface area contributed by atoms with Crippen LogP contribution in [0.25, 0.3) is 33.5 Å². The molecule has 5 nitrogen and oxygen atoms in total. The van der Waals surface area contributed by atoms with Gasteiger partial charge in [-0.25, -0.2) is 9.37 Å². The lowest BCUT2D eigenvalue weighted by atomic mass is 10.0. The number of carbonyl (C=O) groups is 1. The Morgan fingerprint density at radius 1 is 1.08 bits per heavy atom. The quantitative estimate of drug-likeness (QED) is 0.558. The monoisotopic (exact) mass is 352 g/mol. The van der Waals surface area contributed by atoms with Gasteiger partial charge in [0, 0.05) is 34.1 Å². The number of halogens is 2. The number of hydrogen-bond donors (Lipinski definition) is 1. The number of pyridine rings is 2. The third-order valence-corrected chi connectivity index (χ3v) is 4.03. The first-order valence-corrected chi connectivity index (χ1v) is 7.75. The lowest BCUT2D eigenvalue weighted by molar-refractivity contribution is 0.112. The fraction of sp³-hybridized carbons (Fsp3) is 0. The van der Waals surface area contributed by atoms with Crippen molar-refractivity contribution in [1.29, 1.82) is 0 Å². The first-order valence-electron chi connectivity index (χ1n) is 7.37. The Bertz CT molecular complexity index is 1110. The highest BCUT2D eigenvalue weighted by Crippen LogP contribution is 2.32. The maximum absolute atomic E-state index is 14.2. The van der Waals surface area contributed by atoms with E-state index in [1.807, 2.05) is 0 Å². The molecular weight excluding hydrogens is 343 g/mol. The standard InChI is InChI=1S/C18H10ClFN4O/c19-11-1-2-14(20)12(6-11)18-13(8-22-24-18)15-3-4-16-17(23-15)5-10(9-25)7-21-16/h1-9H,(H,22,24).